The maximum absolute atomic E-state index is 12.5. The summed E-state index contributed by atoms with van der Waals surface area (Å²) in [5, 5.41) is 15.8. The molecule has 0 atom stereocenters. The van der Waals surface area contributed by atoms with Gasteiger partial charge in [0.25, 0.3) is 11.2 Å². The van der Waals surface area contributed by atoms with Crippen LogP contribution in [-0.2, 0) is 0 Å². The Morgan fingerprint density at radius 3 is 2.70 bits per heavy atom. The number of non-ortho nitro benzene ring substituents is 1. The molecule has 0 amide bonds. The maximum atomic E-state index is 12.5. The molecule has 3 rings (SSSR count). The standard InChI is InChI=1S/C16H14N4O3/c1-10(2)19-16(21)13-7-4-8-17-15(13)14(18-19)11-5-3-6-12(9-11)20(22)23/h3-10H,1-2H3. The van der Waals surface area contributed by atoms with Crippen LogP contribution in [0.3, 0.4) is 0 Å². The van der Waals surface area contributed by atoms with Gasteiger partial charge < -0.3 is 0 Å². The Morgan fingerprint density at radius 2 is 2.00 bits per heavy atom. The third kappa shape index (κ3) is 2.57. The van der Waals surface area contributed by atoms with E-state index in [2.05, 4.69) is 10.1 Å². The molecule has 0 aliphatic carbocycles. The van der Waals surface area contributed by atoms with Crippen molar-refractivity contribution in [1.29, 1.82) is 0 Å². The van der Waals surface area contributed by atoms with E-state index in [9.17, 15) is 14.9 Å². The van der Waals surface area contributed by atoms with E-state index in [0.717, 1.165) is 0 Å². The van der Waals surface area contributed by atoms with Crippen molar-refractivity contribution < 1.29 is 4.92 Å². The zero-order valence-electron chi connectivity index (χ0n) is 12.6. The molecule has 2 heterocycles. The molecule has 0 radical (unpaired) electrons. The van der Waals surface area contributed by atoms with Crippen LogP contribution in [-0.4, -0.2) is 19.7 Å². The van der Waals surface area contributed by atoms with Gasteiger partial charge in [-0.15, -0.1) is 0 Å². The highest BCUT2D eigenvalue weighted by Gasteiger charge is 2.16. The quantitative estimate of drug-likeness (QED) is 0.548. The summed E-state index contributed by atoms with van der Waals surface area (Å²) >= 11 is 0. The van der Waals surface area contributed by atoms with E-state index in [-0.39, 0.29) is 17.3 Å². The smallest absolute Gasteiger partial charge is 0.267 e. The van der Waals surface area contributed by atoms with E-state index < -0.39 is 4.92 Å². The SMILES string of the molecule is CC(C)n1nc(-c2cccc([N+](=O)[O-])c2)c2ncccc2c1=O. The molecule has 2 aromatic heterocycles. The average Bonchev–Trinajstić information content (AvgIpc) is 2.55. The van der Waals surface area contributed by atoms with Crippen molar-refractivity contribution in [2.45, 2.75) is 19.9 Å². The van der Waals surface area contributed by atoms with Gasteiger partial charge in [-0.3, -0.25) is 19.9 Å². The van der Waals surface area contributed by atoms with Crippen molar-refractivity contribution in [1.82, 2.24) is 14.8 Å². The van der Waals surface area contributed by atoms with Crippen LogP contribution in [0.25, 0.3) is 22.2 Å². The van der Waals surface area contributed by atoms with Gasteiger partial charge in [0.05, 0.1) is 16.4 Å². The van der Waals surface area contributed by atoms with Gasteiger partial charge >= 0.3 is 0 Å². The fourth-order valence-corrected chi connectivity index (χ4v) is 2.40. The summed E-state index contributed by atoms with van der Waals surface area (Å²) < 4.78 is 1.37. The van der Waals surface area contributed by atoms with Gasteiger partial charge in [0.2, 0.25) is 0 Å². The zero-order valence-corrected chi connectivity index (χ0v) is 12.6. The molecule has 0 saturated heterocycles. The molecule has 7 heteroatoms. The molecule has 3 aromatic rings. The van der Waals surface area contributed by atoms with E-state index in [1.165, 1.54) is 16.8 Å². The number of nitro groups is 1. The molecule has 1 aromatic carbocycles. The number of fused-ring (bicyclic) bond motifs is 1. The van der Waals surface area contributed by atoms with Gasteiger partial charge in [0.1, 0.15) is 11.2 Å². The number of benzene rings is 1. The summed E-state index contributed by atoms with van der Waals surface area (Å²) in [6, 6.07) is 9.40. The first-order valence-corrected chi connectivity index (χ1v) is 7.11. The van der Waals surface area contributed by atoms with Crippen molar-refractivity contribution in [3.05, 3.63) is 63.1 Å². The molecule has 23 heavy (non-hydrogen) atoms. The second-order valence-corrected chi connectivity index (χ2v) is 5.40. The molecule has 0 fully saturated rings. The normalized spacial score (nSPS) is 11.1. The molecular weight excluding hydrogens is 296 g/mol. The van der Waals surface area contributed by atoms with Gasteiger partial charge in [0.15, 0.2) is 0 Å². The van der Waals surface area contributed by atoms with Crippen molar-refractivity contribution in [3.63, 3.8) is 0 Å². The molecule has 0 bridgehead atoms. The summed E-state index contributed by atoms with van der Waals surface area (Å²) in [5.41, 5.74) is 1.19. The Bertz CT molecular complexity index is 963. The number of rotatable bonds is 3. The monoisotopic (exact) mass is 310 g/mol. The van der Waals surface area contributed by atoms with Crippen molar-refractivity contribution in [2.75, 3.05) is 0 Å². The predicted octanol–water partition coefficient (Wildman–Crippen LogP) is 2.95. The summed E-state index contributed by atoms with van der Waals surface area (Å²) in [5.74, 6) is 0. The van der Waals surface area contributed by atoms with E-state index >= 15 is 0 Å². The highest BCUT2D eigenvalue weighted by atomic mass is 16.6. The first-order chi connectivity index (χ1) is 11.0. The van der Waals surface area contributed by atoms with Crippen LogP contribution >= 0.6 is 0 Å². The zero-order chi connectivity index (χ0) is 16.6. The number of hydrogen-bond donors (Lipinski definition) is 0. The van der Waals surface area contributed by atoms with Crippen LogP contribution < -0.4 is 5.56 Å². The lowest BCUT2D eigenvalue weighted by Crippen LogP contribution is -2.25. The fraction of sp³-hybridized carbons (Fsp3) is 0.188. The van der Waals surface area contributed by atoms with Crippen LogP contribution in [0.4, 0.5) is 5.69 Å². The first-order valence-electron chi connectivity index (χ1n) is 7.11. The summed E-state index contributed by atoms with van der Waals surface area (Å²) in [4.78, 5) is 27.3. The molecule has 0 N–H and O–H groups in total. The lowest BCUT2D eigenvalue weighted by atomic mass is 10.1. The van der Waals surface area contributed by atoms with Gasteiger partial charge in [-0.25, -0.2) is 4.68 Å². The number of nitro benzene ring substituents is 1. The highest BCUT2D eigenvalue weighted by Crippen LogP contribution is 2.26. The number of nitrogens with zero attached hydrogens (tertiary/aromatic N) is 4. The van der Waals surface area contributed by atoms with Gasteiger partial charge in [-0.2, -0.15) is 5.10 Å². The Balaban J connectivity index is 2.37. The fourth-order valence-electron chi connectivity index (χ4n) is 2.40. The minimum atomic E-state index is -0.461. The lowest BCUT2D eigenvalue weighted by Gasteiger charge is -2.12. The van der Waals surface area contributed by atoms with Crippen LogP contribution in [0.15, 0.2) is 47.4 Å². The molecule has 7 nitrogen and oxygen atoms in total. The molecular formula is C16H14N4O3. The Morgan fingerprint density at radius 1 is 1.22 bits per heavy atom. The van der Waals surface area contributed by atoms with Gasteiger partial charge in [-0.1, -0.05) is 12.1 Å². The summed E-state index contributed by atoms with van der Waals surface area (Å²) in [7, 11) is 0. The molecule has 0 saturated carbocycles. The number of hydrogen-bond acceptors (Lipinski definition) is 5. The number of aromatic nitrogens is 3. The summed E-state index contributed by atoms with van der Waals surface area (Å²) in [6.07, 6.45) is 1.57. The highest BCUT2D eigenvalue weighted by molar-refractivity contribution is 5.90. The topological polar surface area (TPSA) is 90.9 Å². The largest absolute Gasteiger partial charge is 0.276 e. The van der Waals surface area contributed by atoms with E-state index in [1.807, 2.05) is 13.8 Å². The molecule has 0 aliphatic rings. The Labute approximate surface area is 131 Å². The third-order valence-corrected chi connectivity index (χ3v) is 3.50. The Hall–Kier alpha value is -3.09. The van der Waals surface area contributed by atoms with Gasteiger partial charge in [0, 0.05) is 23.9 Å². The molecule has 0 unspecified atom stereocenters. The summed E-state index contributed by atoms with van der Waals surface area (Å²) in [6.45, 7) is 3.71. The van der Waals surface area contributed by atoms with Crippen molar-refractivity contribution >= 4 is 16.6 Å². The third-order valence-electron chi connectivity index (χ3n) is 3.50. The van der Waals surface area contributed by atoms with E-state index in [0.29, 0.717) is 22.2 Å². The first kappa shape index (κ1) is 14.8. The van der Waals surface area contributed by atoms with E-state index in [1.54, 1.807) is 30.5 Å². The second kappa shape index (κ2) is 5.60. The minimum absolute atomic E-state index is 0.0318. The Kier molecular flexibility index (Phi) is 3.61. The predicted molar refractivity (Wildman–Crippen MR) is 86.3 cm³/mol. The van der Waals surface area contributed by atoms with Crippen molar-refractivity contribution in [2.24, 2.45) is 0 Å². The minimum Gasteiger partial charge on any atom is -0.267 e. The van der Waals surface area contributed by atoms with Crippen LogP contribution in [0.2, 0.25) is 0 Å². The van der Waals surface area contributed by atoms with Crippen molar-refractivity contribution in [3.8, 4) is 11.3 Å². The van der Waals surface area contributed by atoms with Crippen LogP contribution in [0, 0.1) is 10.1 Å². The van der Waals surface area contributed by atoms with Gasteiger partial charge in [-0.05, 0) is 26.0 Å². The molecule has 116 valence electrons. The van der Waals surface area contributed by atoms with Crippen LogP contribution in [0.1, 0.15) is 19.9 Å². The molecule has 0 spiro atoms. The van der Waals surface area contributed by atoms with E-state index in [4.69, 9.17) is 0 Å². The number of pyridine rings is 1. The lowest BCUT2D eigenvalue weighted by molar-refractivity contribution is -0.384. The average molecular weight is 310 g/mol. The maximum Gasteiger partial charge on any atom is 0.276 e. The van der Waals surface area contributed by atoms with Crippen LogP contribution in [0.5, 0.6) is 0 Å². The second-order valence-electron chi connectivity index (χ2n) is 5.40. The molecule has 0 aliphatic heterocycles.